The van der Waals surface area contributed by atoms with Gasteiger partial charge in [-0.25, -0.2) is 0 Å². The lowest BCUT2D eigenvalue weighted by Gasteiger charge is -2.27. The van der Waals surface area contributed by atoms with Crippen molar-refractivity contribution in [1.29, 1.82) is 0 Å². The van der Waals surface area contributed by atoms with Gasteiger partial charge in [-0.05, 0) is 42.1 Å². The molecule has 0 saturated heterocycles. The van der Waals surface area contributed by atoms with E-state index in [2.05, 4.69) is 67.3 Å². The van der Waals surface area contributed by atoms with Gasteiger partial charge >= 0.3 is 0 Å². The second-order valence-electron chi connectivity index (χ2n) is 9.68. The fraction of sp³-hybridized carbons (Fsp3) is 0.548. The Balaban J connectivity index is 1.83. The highest BCUT2D eigenvalue weighted by molar-refractivity contribution is 6.12. The quantitative estimate of drug-likeness (QED) is 0.171. The van der Waals surface area contributed by atoms with Gasteiger partial charge in [-0.3, -0.25) is 0 Å². The number of nitrogens with zero attached hydrogens (tertiary/aromatic N) is 1. The molecular formula is C31H45NO2. The molecule has 3 nitrogen and oxygen atoms in total. The average Bonchev–Trinajstić information content (AvgIpc) is 2.87. The van der Waals surface area contributed by atoms with Gasteiger partial charge in [-0.2, -0.15) is 0 Å². The summed E-state index contributed by atoms with van der Waals surface area (Å²) in [6.07, 6.45) is 12.2. The first kappa shape index (κ1) is 26.5. The van der Waals surface area contributed by atoms with E-state index in [1.807, 2.05) is 0 Å². The fourth-order valence-electron chi connectivity index (χ4n) is 5.20. The summed E-state index contributed by atoms with van der Waals surface area (Å²) in [4.78, 5) is 2.49. The number of methoxy groups -OCH3 is 1. The van der Waals surface area contributed by atoms with E-state index in [1.165, 1.54) is 75.0 Å². The largest absolute Gasteiger partial charge is 0.496 e. The zero-order chi connectivity index (χ0) is 24.2. The summed E-state index contributed by atoms with van der Waals surface area (Å²) in [5.74, 6) is 0.813. The minimum absolute atomic E-state index is 0.587. The van der Waals surface area contributed by atoms with Crippen LogP contribution in [0.3, 0.4) is 0 Å². The number of rotatable bonds is 16. The Bertz CT molecular complexity index is 985. The van der Waals surface area contributed by atoms with Crippen molar-refractivity contribution in [2.24, 2.45) is 0 Å². The van der Waals surface area contributed by atoms with E-state index in [-0.39, 0.29) is 0 Å². The van der Waals surface area contributed by atoms with E-state index < -0.39 is 6.10 Å². The molecule has 0 amide bonds. The average molecular weight is 464 g/mol. The van der Waals surface area contributed by atoms with Crippen molar-refractivity contribution in [3.63, 3.8) is 0 Å². The Morgan fingerprint density at radius 2 is 1.15 bits per heavy atom. The molecule has 186 valence electrons. The molecule has 0 spiro atoms. The topological polar surface area (TPSA) is 32.7 Å². The van der Waals surface area contributed by atoms with Gasteiger partial charge in [0, 0.05) is 17.5 Å². The Labute approximate surface area is 207 Å². The molecule has 1 unspecified atom stereocenters. The smallest absolute Gasteiger partial charge is 0.133 e. The van der Waals surface area contributed by atoms with Crippen LogP contribution in [0.2, 0.25) is 0 Å². The SMILES string of the molecule is CCCCCCCN(CCCCCCC)CC(O)c1c(OC)c2ccccc2c2ccccc12. The van der Waals surface area contributed by atoms with Crippen LogP contribution in [0, 0.1) is 0 Å². The van der Waals surface area contributed by atoms with Crippen LogP contribution in [0.25, 0.3) is 21.5 Å². The van der Waals surface area contributed by atoms with Crippen molar-refractivity contribution in [2.75, 3.05) is 26.7 Å². The summed E-state index contributed by atoms with van der Waals surface area (Å²) in [5.41, 5.74) is 0.929. The summed E-state index contributed by atoms with van der Waals surface area (Å²) in [5, 5.41) is 16.1. The van der Waals surface area contributed by atoms with Crippen molar-refractivity contribution >= 4 is 21.5 Å². The number of aliphatic hydroxyl groups excluding tert-OH is 1. The standard InChI is InChI=1S/C31H45NO2/c1-4-6-8-10-16-22-32(23-17-11-9-7-5-2)24-29(33)30-27-20-14-12-18-25(27)26-19-13-15-21-28(26)31(30)34-3/h12-15,18-21,29,33H,4-11,16-17,22-24H2,1-3H3. The summed E-state index contributed by atoms with van der Waals surface area (Å²) in [7, 11) is 1.73. The normalized spacial score (nSPS) is 12.6. The summed E-state index contributed by atoms with van der Waals surface area (Å²) in [6, 6.07) is 16.8. The highest BCUT2D eigenvalue weighted by Gasteiger charge is 2.22. The number of hydrogen-bond donors (Lipinski definition) is 1. The summed E-state index contributed by atoms with van der Waals surface area (Å²) in [6.45, 7) is 7.30. The van der Waals surface area contributed by atoms with Gasteiger partial charge in [0.15, 0.2) is 0 Å². The first-order valence-corrected chi connectivity index (χ1v) is 13.6. The molecule has 3 aromatic rings. The molecule has 0 fully saturated rings. The maximum Gasteiger partial charge on any atom is 0.133 e. The molecule has 0 aliphatic heterocycles. The lowest BCUT2D eigenvalue weighted by atomic mass is 9.93. The third kappa shape index (κ3) is 6.96. The maximum atomic E-state index is 11.6. The zero-order valence-electron chi connectivity index (χ0n) is 21.7. The Morgan fingerprint density at radius 1 is 0.676 bits per heavy atom. The molecule has 1 N–H and O–H groups in total. The molecule has 3 rings (SSSR count). The van der Waals surface area contributed by atoms with Gasteiger partial charge in [-0.15, -0.1) is 0 Å². The molecule has 0 bridgehead atoms. The second-order valence-corrected chi connectivity index (χ2v) is 9.68. The molecule has 3 aromatic carbocycles. The second kappa shape index (κ2) is 14.3. The zero-order valence-corrected chi connectivity index (χ0v) is 21.7. The van der Waals surface area contributed by atoms with Crippen molar-refractivity contribution in [3.05, 3.63) is 54.1 Å². The van der Waals surface area contributed by atoms with Crippen LogP contribution >= 0.6 is 0 Å². The molecule has 1 atom stereocenters. The highest BCUT2D eigenvalue weighted by atomic mass is 16.5. The van der Waals surface area contributed by atoms with Crippen LogP contribution in [-0.2, 0) is 0 Å². The van der Waals surface area contributed by atoms with Crippen LogP contribution in [0.5, 0.6) is 5.75 Å². The molecule has 34 heavy (non-hydrogen) atoms. The van der Waals surface area contributed by atoms with E-state index in [9.17, 15) is 5.11 Å². The predicted octanol–water partition coefficient (Wildman–Crippen LogP) is 8.28. The van der Waals surface area contributed by atoms with Crippen LogP contribution in [0.15, 0.2) is 48.5 Å². The summed E-state index contributed by atoms with van der Waals surface area (Å²) >= 11 is 0. The number of hydrogen-bond acceptors (Lipinski definition) is 3. The van der Waals surface area contributed by atoms with E-state index in [0.29, 0.717) is 6.54 Å². The van der Waals surface area contributed by atoms with Crippen LogP contribution in [0.1, 0.15) is 89.7 Å². The van der Waals surface area contributed by atoms with E-state index >= 15 is 0 Å². The molecular weight excluding hydrogens is 418 g/mol. The van der Waals surface area contributed by atoms with Crippen molar-refractivity contribution in [3.8, 4) is 5.75 Å². The molecule has 0 aliphatic carbocycles. The van der Waals surface area contributed by atoms with Gasteiger partial charge in [0.1, 0.15) is 5.75 Å². The van der Waals surface area contributed by atoms with E-state index in [4.69, 9.17) is 4.74 Å². The number of aliphatic hydroxyl groups is 1. The highest BCUT2D eigenvalue weighted by Crippen LogP contribution is 2.41. The van der Waals surface area contributed by atoms with Crippen LogP contribution in [0.4, 0.5) is 0 Å². The molecule has 0 saturated carbocycles. The number of benzene rings is 3. The van der Waals surface area contributed by atoms with Gasteiger partial charge in [-0.1, -0.05) is 114 Å². The van der Waals surface area contributed by atoms with E-state index in [1.54, 1.807) is 7.11 Å². The van der Waals surface area contributed by atoms with Gasteiger partial charge in [0.05, 0.1) is 13.2 Å². The third-order valence-corrected chi connectivity index (χ3v) is 7.05. The first-order chi connectivity index (χ1) is 16.7. The molecule has 0 radical (unpaired) electrons. The Morgan fingerprint density at radius 3 is 1.68 bits per heavy atom. The maximum absolute atomic E-state index is 11.6. The van der Waals surface area contributed by atoms with E-state index in [0.717, 1.165) is 35.2 Å². The monoisotopic (exact) mass is 463 g/mol. The van der Waals surface area contributed by atoms with Crippen molar-refractivity contribution < 1.29 is 9.84 Å². The van der Waals surface area contributed by atoms with Gasteiger partial charge < -0.3 is 14.7 Å². The predicted molar refractivity (Wildman–Crippen MR) is 147 cm³/mol. The number of ether oxygens (including phenoxy) is 1. The molecule has 0 aliphatic rings. The lowest BCUT2D eigenvalue weighted by Crippen LogP contribution is -2.31. The van der Waals surface area contributed by atoms with Crippen molar-refractivity contribution in [1.82, 2.24) is 4.90 Å². The van der Waals surface area contributed by atoms with Crippen LogP contribution < -0.4 is 4.74 Å². The minimum Gasteiger partial charge on any atom is -0.496 e. The van der Waals surface area contributed by atoms with Crippen LogP contribution in [-0.4, -0.2) is 36.8 Å². The summed E-state index contributed by atoms with van der Waals surface area (Å²) < 4.78 is 5.94. The number of unbranched alkanes of at least 4 members (excludes halogenated alkanes) is 8. The van der Waals surface area contributed by atoms with Gasteiger partial charge in [0.2, 0.25) is 0 Å². The van der Waals surface area contributed by atoms with Gasteiger partial charge in [0.25, 0.3) is 0 Å². The molecule has 3 heteroatoms. The molecule has 0 heterocycles. The third-order valence-electron chi connectivity index (χ3n) is 7.05. The minimum atomic E-state index is -0.587. The Kier molecular flexibility index (Phi) is 11.2. The van der Waals surface area contributed by atoms with Crippen molar-refractivity contribution in [2.45, 2.75) is 84.2 Å². The fourth-order valence-corrected chi connectivity index (χ4v) is 5.20. The molecule has 0 aromatic heterocycles. The number of fused-ring (bicyclic) bond motifs is 3. The Hall–Kier alpha value is -2.10. The first-order valence-electron chi connectivity index (χ1n) is 13.6. The lowest BCUT2D eigenvalue weighted by molar-refractivity contribution is 0.109.